The van der Waals surface area contributed by atoms with Crippen LogP contribution in [0.2, 0.25) is 0 Å². The number of ether oxygens (including phenoxy) is 3. The summed E-state index contributed by atoms with van der Waals surface area (Å²) in [7, 11) is 0. The van der Waals surface area contributed by atoms with Gasteiger partial charge in [-0.05, 0) is 42.9 Å². The monoisotopic (exact) mass is 319 g/mol. The lowest BCUT2D eigenvalue weighted by atomic mass is 9.90. The number of fused-ring (bicyclic) bond motifs is 1. The van der Waals surface area contributed by atoms with Crippen LogP contribution in [0.15, 0.2) is 18.2 Å². The first kappa shape index (κ1) is 16.1. The first-order chi connectivity index (χ1) is 11.3. The van der Waals surface area contributed by atoms with Crippen molar-refractivity contribution in [1.29, 1.82) is 0 Å². The first-order valence-electron chi connectivity index (χ1n) is 8.52. The lowest BCUT2D eigenvalue weighted by Crippen LogP contribution is -2.42. The van der Waals surface area contributed by atoms with Gasteiger partial charge in [0.1, 0.15) is 13.2 Å². The van der Waals surface area contributed by atoms with Gasteiger partial charge in [-0.2, -0.15) is 0 Å². The van der Waals surface area contributed by atoms with Gasteiger partial charge in [-0.15, -0.1) is 0 Å². The lowest BCUT2D eigenvalue weighted by Gasteiger charge is -2.30. The van der Waals surface area contributed by atoms with Crippen molar-refractivity contribution in [2.75, 3.05) is 26.4 Å². The van der Waals surface area contributed by atoms with Crippen molar-refractivity contribution in [1.82, 2.24) is 5.32 Å². The van der Waals surface area contributed by atoms with Crippen LogP contribution < -0.4 is 14.8 Å². The Kier molecular flexibility index (Phi) is 5.39. The molecule has 0 aromatic heterocycles. The van der Waals surface area contributed by atoms with Crippen LogP contribution in [0.3, 0.4) is 0 Å². The van der Waals surface area contributed by atoms with Gasteiger partial charge >= 0.3 is 0 Å². The molecule has 1 N–H and O–H groups in total. The molecule has 1 aromatic carbocycles. The van der Waals surface area contributed by atoms with E-state index >= 15 is 0 Å². The highest BCUT2D eigenvalue weighted by atomic mass is 16.6. The fourth-order valence-corrected chi connectivity index (χ4v) is 3.31. The van der Waals surface area contributed by atoms with Gasteiger partial charge in [0, 0.05) is 19.3 Å². The number of hydrogen-bond acceptors (Lipinski definition) is 4. The Morgan fingerprint density at radius 3 is 2.65 bits per heavy atom. The minimum absolute atomic E-state index is 0.0695. The van der Waals surface area contributed by atoms with Gasteiger partial charge in [0.25, 0.3) is 0 Å². The number of benzene rings is 1. The van der Waals surface area contributed by atoms with E-state index in [2.05, 4.69) is 12.2 Å². The van der Waals surface area contributed by atoms with Crippen molar-refractivity contribution < 1.29 is 19.0 Å². The highest BCUT2D eigenvalue weighted by Crippen LogP contribution is 2.31. The molecule has 1 fully saturated rings. The summed E-state index contributed by atoms with van der Waals surface area (Å²) in [5.41, 5.74) is 0.952. The van der Waals surface area contributed by atoms with Crippen molar-refractivity contribution >= 4 is 5.91 Å². The zero-order valence-electron chi connectivity index (χ0n) is 13.7. The van der Waals surface area contributed by atoms with Crippen molar-refractivity contribution in [3.05, 3.63) is 23.8 Å². The van der Waals surface area contributed by atoms with E-state index in [1.807, 2.05) is 18.2 Å². The summed E-state index contributed by atoms with van der Waals surface area (Å²) in [4.78, 5) is 12.4. The van der Waals surface area contributed by atoms with Crippen LogP contribution in [-0.4, -0.2) is 38.4 Å². The molecule has 5 nitrogen and oxygen atoms in total. The number of nitrogens with one attached hydrogen (secondary N) is 1. The third-order valence-electron chi connectivity index (χ3n) is 4.59. The minimum Gasteiger partial charge on any atom is -0.486 e. The Morgan fingerprint density at radius 2 is 1.91 bits per heavy atom. The molecular formula is C18H25NO4. The largest absolute Gasteiger partial charge is 0.486 e. The second kappa shape index (κ2) is 7.68. The molecule has 126 valence electrons. The number of hydrogen-bond donors (Lipinski definition) is 1. The molecule has 0 saturated carbocycles. The summed E-state index contributed by atoms with van der Waals surface area (Å²) < 4.78 is 16.5. The molecule has 2 heterocycles. The van der Waals surface area contributed by atoms with E-state index < -0.39 is 0 Å². The smallest absolute Gasteiger partial charge is 0.224 e. The quantitative estimate of drug-likeness (QED) is 0.905. The van der Waals surface area contributed by atoms with Crippen molar-refractivity contribution in [2.45, 2.75) is 38.6 Å². The normalized spacial score (nSPS) is 19.2. The summed E-state index contributed by atoms with van der Waals surface area (Å²) in [6.45, 7) is 4.88. The molecule has 1 atom stereocenters. The fraction of sp³-hybridized carbons (Fsp3) is 0.611. The predicted octanol–water partition coefficient (Wildman–Crippen LogP) is 2.32. The van der Waals surface area contributed by atoms with E-state index in [1.54, 1.807) is 0 Å². The Balaban J connectivity index is 1.57. The van der Waals surface area contributed by atoms with Gasteiger partial charge in [-0.25, -0.2) is 0 Å². The average Bonchev–Trinajstić information content (AvgIpc) is 2.60. The zero-order valence-corrected chi connectivity index (χ0v) is 13.7. The number of carbonyl (C=O) groups excluding carboxylic acids is 1. The summed E-state index contributed by atoms with van der Waals surface area (Å²) in [6, 6.07) is 5.96. The van der Waals surface area contributed by atoms with E-state index in [9.17, 15) is 4.79 Å². The molecule has 3 rings (SSSR count). The second-order valence-corrected chi connectivity index (χ2v) is 6.19. The molecule has 0 aliphatic carbocycles. The summed E-state index contributed by atoms with van der Waals surface area (Å²) in [6.07, 6.45) is 3.39. The average molecular weight is 319 g/mol. The van der Waals surface area contributed by atoms with E-state index in [1.165, 1.54) is 0 Å². The molecule has 23 heavy (non-hydrogen) atoms. The van der Waals surface area contributed by atoms with Gasteiger partial charge < -0.3 is 19.5 Å². The van der Waals surface area contributed by atoms with Gasteiger partial charge in [0.15, 0.2) is 11.5 Å². The fourth-order valence-electron chi connectivity index (χ4n) is 3.31. The van der Waals surface area contributed by atoms with E-state index in [-0.39, 0.29) is 11.9 Å². The first-order valence-corrected chi connectivity index (χ1v) is 8.52. The maximum absolute atomic E-state index is 12.4. The number of carbonyl (C=O) groups is 1. The summed E-state index contributed by atoms with van der Waals surface area (Å²) >= 11 is 0. The number of rotatable bonds is 5. The SMILES string of the molecule is CCC(NC(=O)Cc1ccc2c(c1)OCCO2)C1CCOCC1. The third-order valence-corrected chi connectivity index (χ3v) is 4.59. The van der Waals surface area contributed by atoms with E-state index in [0.29, 0.717) is 25.6 Å². The highest BCUT2D eigenvalue weighted by Gasteiger charge is 2.24. The molecule has 2 aliphatic rings. The van der Waals surface area contributed by atoms with Crippen molar-refractivity contribution in [2.24, 2.45) is 5.92 Å². The molecule has 0 spiro atoms. The van der Waals surface area contributed by atoms with Crippen LogP contribution in [0, 0.1) is 5.92 Å². The van der Waals surface area contributed by atoms with E-state index in [4.69, 9.17) is 14.2 Å². The van der Waals surface area contributed by atoms with E-state index in [0.717, 1.165) is 49.5 Å². The van der Waals surface area contributed by atoms with Gasteiger partial charge in [0.05, 0.1) is 6.42 Å². The van der Waals surface area contributed by atoms with Crippen LogP contribution in [0.5, 0.6) is 11.5 Å². The summed E-state index contributed by atoms with van der Waals surface area (Å²) in [5, 5.41) is 3.20. The Hall–Kier alpha value is -1.75. The molecule has 1 saturated heterocycles. The molecule has 0 bridgehead atoms. The predicted molar refractivity (Wildman–Crippen MR) is 86.9 cm³/mol. The van der Waals surface area contributed by atoms with Crippen LogP contribution in [0.25, 0.3) is 0 Å². The zero-order chi connectivity index (χ0) is 16.1. The molecule has 1 amide bonds. The van der Waals surface area contributed by atoms with Crippen LogP contribution >= 0.6 is 0 Å². The molecule has 2 aliphatic heterocycles. The second-order valence-electron chi connectivity index (χ2n) is 6.19. The van der Waals surface area contributed by atoms with Gasteiger partial charge in [-0.1, -0.05) is 13.0 Å². The van der Waals surface area contributed by atoms with Crippen molar-refractivity contribution in [3.63, 3.8) is 0 Å². The van der Waals surface area contributed by atoms with Gasteiger partial charge in [-0.3, -0.25) is 4.79 Å². The van der Waals surface area contributed by atoms with Crippen LogP contribution in [-0.2, 0) is 16.0 Å². The number of amides is 1. The Morgan fingerprint density at radius 1 is 1.17 bits per heavy atom. The molecule has 5 heteroatoms. The maximum atomic E-state index is 12.4. The highest BCUT2D eigenvalue weighted by molar-refractivity contribution is 5.79. The minimum atomic E-state index is 0.0695. The molecule has 1 unspecified atom stereocenters. The third kappa shape index (κ3) is 4.16. The van der Waals surface area contributed by atoms with Crippen LogP contribution in [0.4, 0.5) is 0 Å². The molecule has 1 aromatic rings. The van der Waals surface area contributed by atoms with Gasteiger partial charge in [0.2, 0.25) is 5.91 Å². The lowest BCUT2D eigenvalue weighted by molar-refractivity contribution is -0.121. The van der Waals surface area contributed by atoms with Crippen molar-refractivity contribution in [3.8, 4) is 11.5 Å². The standard InChI is InChI=1S/C18H25NO4/c1-2-15(14-5-7-21-8-6-14)19-18(20)12-13-3-4-16-17(11-13)23-10-9-22-16/h3-4,11,14-15H,2,5-10,12H2,1H3,(H,19,20). The topological polar surface area (TPSA) is 56.8 Å². The molecule has 0 radical (unpaired) electrons. The van der Waals surface area contributed by atoms with Crippen LogP contribution in [0.1, 0.15) is 31.7 Å². The maximum Gasteiger partial charge on any atom is 0.224 e. The Labute approximate surface area is 137 Å². The Bertz CT molecular complexity index is 540. The summed E-state index contributed by atoms with van der Waals surface area (Å²) in [5.74, 6) is 2.09. The molecular weight excluding hydrogens is 294 g/mol.